The minimum Gasteiger partial charge on any atom is -0.392 e. The molecule has 0 saturated carbocycles. The van der Waals surface area contributed by atoms with Gasteiger partial charge in [0.05, 0.1) is 18.8 Å². The zero-order valence-electron chi connectivity index (χ0n) is 11.8. The molecule has 0 spiro atoms. The summed E-state index contributed by atoms with van der Waals surface area (Å²) in [5, 5.41) is 10.8. The average Bonchev–Trinajstić information content (AvgIpc) is 2.45. The van der Waals surface area contributed by atoms with Crippen molar-refractivity contribution in [3.8, 4) is 0 Å². The summed E-state index contributed by atoms with van der Waals surface area (Å²) in [6, 6.07) is 8.44. The van der Waals surface area contributed by atoms with Gasteiger partial charge in [-0.2, -0.15) is 11.8 Å². The van der Waals surface area contributed by atoms with Crippen LogP contribution in [0.15, 0.2) is 24.3 Å². The Balaban J connectivity index is 1.89. The molecule has 106 valence electrons. The van der Waals surface area contributed by atoms with Gasteiger partial charge in [0, 0.05) is 17.4 Å². The lowest BCUT2D eigenvalue weighted by Gasteiger charge is -2.28. The average molecular weight is 280 g/mol. The second-order valence-electron chi connectivity index (χ2n) is 5.25. The number of thioether (sulfide) groups is 1. The molecule has 2 nitrogen and oxygen atoms in total. The van der Waals surface area contributed by atoms with Crippen molar-refractivity contribution in [1.29, 1.82) is 0 Å². The monoisotopic (exact) mass is 280 g/mol. The lowest BCUT2D eigenvalue weighted by molar-refractivity contribution is 0.00944. The van der Waals surface area contributed by atoms with Gasteiger partial charge in [-0.1, -0.05) is 38.1 Å². The van der Waals surface area contributed by atoms with Crippen molar-refractivity contribution in [3.63, 3.8) is 0 Å². The van der Waals surface area contributed by atoms with E-state index in [4.69, 9.17) is 4.74 Å². The van der Waals surface area contributed by atoms with E-state index in [9.17, 15) is 5.11 Å². The summed E-state index contributed by atoms with van der Waals surface area (Å²) in [6.45, 7) is 5.17. The molecular weight excluding hydrogens is 256 g/mol. The first kappa shape index (κ1) is 14.9. The van der Waals surface area contributed by atoms with E-state index in [-0.39, 0.29) is 12.2 Å². The summed E-state index contributed by atoms with van der Waals surface area (Å²) in [7, 11) is 0. The Kier molecular flexibility index (Phi) is 5.74. The zero-order valence-corrected chi connectivity index (χ0v) is 12.7. The zero-order chi connectivity index (χ0) is 13.7. The Morgan fingerprint density at radius 2 is 2.21 bits per heavy atom. The summed E-state index contributed by atoms with van der Waals surface area (Å²) < 4.78 is 5.84. The van der Waals surface area contributed by atoms with Crippen LogP contribution < -0.4 is 0 Å². The van der Waals surface area contributed by atoms with E-state index in [1.165, 1.54) is 11.1 Å². The first-order valence-corrected chi connectivity index (χ1v) is 8.24. The number of fused-ring (bicyclic) bond motifs is 1. The number of benzene rings is 1. The van der Waals surface area contributed by atoms with E-state index >= 15 is 0 Å². The lowest BCUT2D eigenvalue weighted by Crippen LogP contribution is -2.22. The molecule has 1 heterocycles. The van der Waals surface area contributed by atoms with Crippen LogP contribution in [0.25, 0.3) is 0 Å². The van der Waals surface area contributed by atoms with Crippen LogP contribution in [-0.2, 0) is 11.2 Å². The Bertz CT molecular complexity index is 394. The van der Waals surface area contributed by atoms with Crippen LogP contribution in [0.3, 0.4) is 0 Å². The maximum absolute atomic E-state index is 10.2. The van der Waals surface area contributed by atoms with Gasteiger partial charge < -0.3 is 9.84 Å². The van der Waals surface area contributed by atoms with Gasteiger partial charge in [0.2, 0.25) is 0 Å². The van der Waals surface area contributed by atoms with E-state index in [1.807, 2.05) is 11.8 Å². The molecule has 1 aromatic carbocycles. The molecule has 2 rings (SSSR count). The molecule has 1 aliphatic heterocycles. The van der Waals surface area contributed by atoms with Crippen molar-refractivity contribution in [2.24, 2.45) is 0 Å². The third-order valence-corrected chi connectivity index (χ3v) is 5.21. The highest BCUT2D eigenvalue weighted by Crippen LogP contribution is 2.31. The molecule has 0 fully saturated rings. The first-order chi connectivity index (χ1) is 9.20. The van der Waals surface area contributed by atoms with E-state index in [0.717, 1.165) is 25.2 Å². The number of aliphatic hydroxyl groups is 1. The minimum atomic E-state index is -0.282. The quantitative estimate of drug-likeness (QED) is 0.863. The van der Waals surface area contributed by atoms with Gasteiger partial charge in [0.1, 0.15) is 0 Å². The maximum Gasteiger partial charge on any atom is 0.0852 e. The van der Waals surface area contributed by atoms with Crippen molar-refractivity contribution in [3.05, 3.63) is 35.4 Å². The molecule has 3 unspecified atom stereocenters. The highest BCUT2D eigenvalue weighted by atomic mass is 32.2. The summed E-state index contributed by atoms with van der Waals surface area (Å²) in [5.41, 5.74) is 2.64. The van der Waals surface area contributed by atoms with Gasteiger partial charge in [-0.05, 0) is 24.0 Å². The SMILES string of the molecule is CCC(C)SCC(O)CC1OCCc2ccccc21. The molecule has 3 atom stereocenters. The fraction of sp³-hybridized carbons (Fsp3) is 0.625. The third-order valence-electron chi connectivity index (χ3n) is 3.73. The molecule has 0 bridgehead atoms. The van der Waals surface area contributed by atoms with Gasteiger partial charge in [-0.15, -0.1) is 0 Å². The number of hydrogen-bond acceptors (Lipinski definition) is 3. The summed E-state index contributed by atoms with van der Waals surface area (Å²) in [5.74, 6) is 0.803. The molecule has 0 amide bonds. The normalized spacial score (nSPS) is 21.7. The smallest absolute Gasteiger partial charge is 0.0852 e. The van der Waals surface area contributed by atoms with Crippen LogP contribution in [0.5, 0.6) is 0 Å². The molecule has 19 heavy (non-hydrogen) atoms. The fourth-order valence-electron chi connectivity index (χ4n) is 2.38. The van der Waals surface area contributed by atoms with Crippen molar-refractivity contribution < 1.29 is 9.84 Å². The highest BCUT2D eigenvalue weighted by molar-refractivity contribution is 7.99. The Labute approximate surface area is 120 Å². The predicted molar refractivity (Wildman–Crippen MR) is 81.7 cm³/mol. The standard InChI is InChI=1S/C16H24O2S/c1-3-12(2)19-11-14(17)10-16-15-7-5-4-6-13(15)8-9-18-16/h4-7,12,14,16-17H,3,8-11H2,1-2H3. The van der Waals surface area contributed by atoms with Crippen molar-refractivity contribution in [1.82, 2.24) is 0 Å². The van der Waals surface area contributed by atoms with Crippen LogP contribution in [0, 0.1) is 0 Å². The minimum absolute atomic E-state index is 0.0671. The van der Waals surface area contributed by atoms with E-state index < -0.39 is 0 Å². The number of hydrogen-bond donors (Lipinski definition) is 1. The second-order valence-corrected chi connectivity index (χ2v) is 6.72. The second kappa shape index (κ2) is 7.32. The molecule has 1 aromatic rings. The summed E-state index contributed by atoms with van der Waals surface area (Å²) >= 11 is 1.85. The van der Waals surface area contributed by atoms with Crippen LogP contribution in [-0.4, -0.2) is 28.8 Å². The molecular formula is C16H24O2S. The molecule has 0 aromatic heterocycles. The van der Waals surface area contributed by atoms with Gasteiger partial charge in [-0.3, -0.25) is 0 Å². The van der Waals surface area contributed by atoms with Gasteiger partial charge in [0.15, 0.2) is 0 Å². The van der Waals surface area contributed by atoms with Gasteiger partial charge in [-0.25, -0.2) is 0 Å². The number of aliphatic hydroxyl groups excluding tert-OH is 1. The Hall–Kier alpha value is -0.510. The molecule has 0 radical (unpaired) electrons. The topological polar surface area (TPSA) is 29.5 Å². The van der Waals surface area contributed by atoms with Crippen LogP contribution >= 0.6 is 11.8 Å². The Morgan fingerprint density at radius 3 is 3.00 bits per heavy atom. The predicted octanol–water partition coefficient (Wildman–Crippen LogP) is 3.58. The number of ether oxygens (including phenoxy) is 1. The molecule has 0 saturated heterocycles. The lowest BCUT2D eigenvalue weighted by atomic mass is 9.94. The van der Waals surface area contributed by atoms with E-state index in [2.05, 4.69) is 38.1 Å². The third kappa shape index (κ3) is 4.23. The van der Waals surface area contributed by atoms with Crippen molar-refractivity contribution in [2.75, 3.05) is 12.4 Å². The summed E-state index contributed by atoms with van der Waals surface area (Å²) in [6.07, 6.45) is 2.64. The maximum atomic E-state index is 10.2. The van der Waals surface area contributed by atoms with Crippen LogP contribution in [0.2, 0.25) is 0 Å². The first-order valence-electron chi connectivity index (χ1n) is 7.19. The van der Waals surface area contributed by atoms with E-state index in [1.54, 1.807) is 0 Å². The summed E-state index contributed by atoms with van der Waals surface area (Å²) in [4.78, 5) is 0. The Morgan fingerprint density at radius 1 is 1.42 bits per heavy atom. The molecule has 3 heteroatoms. The number of rotatable bonds is 6. The van der Waals surface area contributed by atoms with Crippen LogP contribution in [0.1, 0.15) is 43.9 Å². The molecule has 1 N–H and O–H groups in total. The van der Waals surface area contributed by atoms with Gasteiger partial charge >= 0.3 is 0 Å². The molecule has 0 aliphatic carbocycles. The fourth-order valence-corrected chi connectivity index (χ4v) is 3.30. The highest BCUT2D eigenvalue weighted by Gasteiger charge is 2.23. The van der Waals surface area contributed by atoms with Crippen LogP contribution in [0.4, 0.5) is 0 Å². The van der Waals surface area contributed by atoms with E-state index in [0.29, 0.717) is 11.7 Å². The van der Waals surface area contributed by atoms with Gasteiger partial charge in [0.25, 0.3) is 0 Å². The van der Waals surface area contributed by atoms with Crippen molar-refractivity contribution >= 4 is 11.8 Å². The largest absolute Gasteiger partial charge is 0.392 e. The van der Waals surface area contributed by atoms with Crippen molar-refractivity contribution in [2.45, 2.75) is 50.6 Å². The molecule has 1 aliphatic rings.